The third kappa shape index (κ3) is 3.39. The summed E-state index contributed by atoms with van der Waals surface area (Å²) in [5.41, 5.74) is 5.69. The van der Waals surface area contributed by atoms with Crippen molar-refractivity contribution in [2.45, 2.75) is 72.4 Å². The van der Waals surface area contributed by atoms with Gasteiger partial charge in [0.25, 0.3) is 0 Å². The van der Waals surface area contributed by atoms with Crippen LogP contribution in [0.3, 0.4) is 0 Å². The molecule has 0 heterocycles. The third-order valence-electron chi connectivity index (χ3n) is 4.97. The van der Waals surface area contributed by atoms with Gasteiger partial charge in [-0.1, -0.05) is 25.0 Å². The van der Waals surface area contributed by atoms with Crippen LogP contribution in [-0.2, 0) is 0 Å². The first-order valence-corrected chi connectivity index (χ1v) is 7.83. The van der Waals surface area contributed by atoms with Crippen LogP contribution < -0.4 is 5.32 Å². The summed E-state index contributed by atoms with van der Waals surface area (Å²) in [5, 5.41) is 3.83. The molecule has 1 aliphatic rings. The fourth-order valence-corrected chi connectivity index (χ4v) is 3.53. The van der Waals surface area contributed by atoms with Crippen molar-refractivity contribution in [3.05, 3.63) is 34.4 Å². The first kappa shape index (κ1) is 14.6. The number of aryl methyl sites for hydroxylation is 3. The molecule has 1 aromatic rings. The van der Waals surface area contributed by atoms with Gasteiger partial charge in [-0.05, 0) is 75.6 Å². The van der Waals surface area contributed by atoms with Crippen LogP contribution in [0.25, 0.3) is 0 Å². The molecule has 0 aromatic heterocycles. The van der Waals surface area contributed by atoms with Crippen LogP contribution in [0.2, 0.25) is 0 Å². The lowest BCUT2D eigenvalue weighted by Crippen LogP contribution is -2.34. The van der Waals surface area contributed by atoms with Crippen molar-refractivity contribution in [3.63, 3.8) is 0 Å². The van der Waals surface area contributed by atoms with Crippen LogP contribution in [0.5, 0.6) is 0 Å². The monoisotopic (exact) mass is 259 g/mol. The molecule has 106 valence electrons. The molecule has 2 rings (SSSR count). The van der Waals surface area contributed by atoms with Gasteiger partial charge in [0.05, 0.1) is 0 Å². The molecule has 0 spiro atoms. The second kappa shape index (κ2) is 6.09. The standard InChI is InChI=1S/C18H29N/c1-12-10-14(3)18(11-13(12)2)16(5)19-15(4)17-8-6-7-9-17/h10-11,15-17,19H,6-9H2,1-5H3/t15-,16?/m0/s1. The van der Waals surface area contributed by atoms with E-state index in [-0.39, 0.29) is 0 Å². The highest BCUT2D eigenvalue weighted by molar-refractivity contribution is 5.38. The normalized spacial score (nSPS) is 19.6. The first-order valence-electron chi connectivity index (χ1n) is 7.83. The highest BCUT2D eigenvalue weighted by Crippen LogP contribution is 2.29. The molecule has 1 fully saturated rings. The predicted molar refractivity (Wildman–Crippen MR) is 83.6 cm³/mol. The zero-order valence-corrected chi connectivity index (χ0v) is 13.2. The molecule has 1 nitrogen and oxygen atoms in total. The summed E-state index contributed by atoms with van der Waals surface area (Å²) in [5.74, 6) is 0.884. The van der Waals surface area contributed by atoms with Crippen molar-refractivity contribution in [2.75, 3.05) is 0 Å². The molecule has 1 unspecified atom stereocenters. The van der Waals surface area contributed by atoms with E-state index in [2.05, 4.69) is 52.1 Å². The molecule has 1 saturated carbocycles. The Kier molecular flexibility index (Phi) is 4.67. The summed E-state index contributed by atoms with van der Waals surface area (Å²) >= 11 is 0. The lowest BCUT2D eigenvalue weighted by atomic mass is 9.94. The summed E-state index contributed by atoms with van der Waals surface area (Å²) in [4.78, 5) is 0. The van der Waals surface area contributed by atoms with Crippen LogP contribution in [0.15, 0.2) is 12.1 Å². The smallest absolute Gasteiger partial charge is 0.0297 e. The lowest BCUT2D eigenvalue weighted by molar-refractivity contribution is 0.352. The maximum atomic E-state index is 3.83. The second-order valence-electron chi connectivity index (χ2n) is 6.51. The fraction of sp³-hybridized carbons (Fsp3) is 0.667. The van der Waals surface area contributed by atoms with Gasteiger partial charge in [0.15, 0.2) is 0 Å². The van der Waals surface area contributed by atoms with E-state index in [0.717, 1.165) is 5.92 Å². The summed E-state index contributed by atoms with van der Waals surface area (Å²) < 4.78 is 0. The number of hydrogen-bond donors (Lipinski definition) is 1. The van der Waals surface area contributed by atoms with Gasteiger partial charge in [0.1, 0.15) is 0 Å². The molecule has 0 saturated heterocycles. The van der Waals surface area contributed by atoms with E-state index in [0.29, 0.717) is 12.1 Å². The van der Waals surface area contributed by atoms with Gasteiger partial charge in [-0.25, -0.2) is 0 Å². The zero-order valence-electron chi connectivity index (χ0n) is 13.2. The minimum atomic E-state index is 0.454. The van der Waals surface area contributed by atoms with Crippen LogP contribution in [0, 0.1) is 26.7 Å². The van der Waals surface area contributed by atoms with Gasteiger partial charge in [0.2, 0.25) is 0 Å². The minimum absolute atomic E-state index is 0.454. The van der Waals surface area contributed by atoms with E-state index in [4.69, 9.17) is 0 Å². The van der Waals surface area contributed by atoms with Crippen molar-refractivity contribution in [2.24, 2.45) is 5.92 Å². The fourth-order valence-electron chi connectivity index (χ4n) is 3.53. The highest BCUT2D eigenvalue weighted by Gasteiger charge is 2.23. The van der Waals surface area contributed by atoms with Crippen LogP contribution in [0.1, 0.15) is 67.8 Å². The summed E-state index contributed by atoms with van der Waals surface area (Å²) in [7, 11) is 0. The molecule has 0 radical (unpaired) electrons. The first-order chi connectivity index (χ1) is 8.99. The maximum Gasteiger partial charge on any atom is 0.0297 e. The van der Waals surface area contributed by atoms with Gasteiger partial charge in [0, 0.05) is 12.1 Å². The van der Waals surface area contributed by atoms with Crippen LogP contribution >= 0.6 is 0 Å². The average molecular weight is 259 g/mol. The van der Waals surface area contributed by atoms with Crippen molar-refractivity contribution >= 4 is 0 Å². The molecule has 0 aliphatic heterocycles. The van der Waals surface area contributed by atoms with E-state index in [1.807, 2.05) is 0 Å². The number of hydrogen-bond acceptors (Lipinski definition) is 1. The van der Waals surface area contributed by atoms with E-state index < -0.39 is 0 Å². The number of benzene rings is 1. The Bertz CT molecular complexity index is 430. The largest absolute Gasteiger partial charge is 0.307 e. The third-order valence-corrected chi connectivity index (χ3v) is 4.97. The number of rotatable bonds is 4. The molecule has 1 heteroatoms. The molecule has 19 heavy (non-hydrogen) atoms. The summed E-state index contributed by atoms with van der Waals surface area (Å²) in [6.07, 6.45) is 5.67. The molecule has 0 bridgehead atoms. The van der Waals surface area contributed by atoms with Gasteiger partial charge in [-0.2, -0.15) is 0 Å². The second-order valence-corrected chi connectivity index (χ2v) is 6.51. The minimum Gasteiger partial charge on any atom is -0.307 e. The maximum absolute atomic E-state index is 3.83. The van der Waals surface area contributed by atoms with Crippen LogP contribution in [0.4, 0.5) is 0 Å². The quantitative estimate of drug-likeness (QED) is 0.815. The van der Waals surface area contributed by atoms with Gasteiger partial charge < -0.3 is 5.32 Å². The molecular formula is C18H29N. The topological polar surface area (TPSA) is 12.0 Å². The molecule has 2 atom stereocenters. The summed E-state index contributed by atoms with van der Waals surface area (Å²) in [6.45, 7) is 11.3. The molecule has 0 amide bonds. The lowest BCUT2D eigenvalue weighted by Gasteiger charge is -2.26. The van der Waals surface area contributed by atoms with E-state index in [1.165, 1.54) is 47.9 Å². The Hall–Kier alpha value is -0.820. The molecule has 1 N–H and O–H groups in total. The van der Waals surface area contributed by atoms with E-state index in [1.54, 1.807) is 0 Å². The van der Waals surface area contributed by atoms with Crippen molar-refractivity contribution in [3.8, 4) is 0 Å². The highest BCUT2D eigenvalue weighted by atomic mass is 14.9. The number of nitrogens with one attached hydrogen (secondary N) is 1. The van der Waals surface area contributed by atoms with Crippen molar-refractivity contribution in [1.82, 2.24) is 5.32 Å². The van der Waals surface area contributed by atoms with Crippen molar-refractivity contribution < 1.29 is 0 Å². The van der Waals surface area contributed by atoms with Gasteiger partial charge in [-0.3, -0.25) is 0 Å². The average Bonchev–Trinajstić information content (AvgIpc) is 2.87. The molecular weight excluding hydrogens is 230 g/mol. The Morgan fingerprint density at radius 2 is 1.53 bits per heavy atom. The Morgan fingerprint density at radius 1 is 0.947 bits per heavy atom. The van der Waals surface area contributed by atoms with Gasteiger partial charge >= 0.3 is 0 Å². The zero-order chi connectivity index (χ0) is 14.0. The SMILES string of the molecule is Cc1cc(C)c(C(C)N[C@@H](C)C2CCCC2)cc1C. The van der Waals surface area contributed by atoms with E-state index in [9.17, 15) is 0 Å². The van der Waals surface area contributed by atoms with Gasteiger partial charge in [-0.15, -0.1) is 0 Å². The van der Waals surface area contributed by atoms with Crippen LogP contribution in [-0.4, -0.2) is 6.04 Å². The Balaban J connectivity index is 2.06. The van der Waals surface area contributed by atoms with E-state index >= 15 is 0 Å². The predicted octanol–water partition coefficient (Wildman–Crippen LogP) is 4.84. The van der Waals surface area contributed by atoms with Crippen molar-refractivity contribution in [1.29, 1.82) is 0 Å². The molecule has 1 aromatic carbocycles. The Morgan fingerprint density at radius 3 is 2.16 bits per heavy atom. The Labute approximate surface area is 118 Å². The molecule has 1 aliphatic carbocycles. The summed E-state index contributed by atoms with van der Waals surface area (Å²) in [6, 6.07) is 5.78.